The molecule has 2 amide bonds. The third-order valence-electron chi connectivity index (χ3n) is 7.58. The Morgan fingerprint density at radius 2 is 1.35 bits per heavy atom. The SMILES string of the molecule is CC(C)c1ccc(NN2C(C(O)c3cc(C(F)(F)F)cc(C(F)(F)F)c3)C=CC3C(=O)N(c4ccccc4)C(=O)C32)cc1. The molecule has 43 heavy (non-hydrogen) atoms. The molecule has 3 aromatic rings. The average Bonchev–Trinajstić information content (AvgIpc) is 3.22. The second-order valence-electron chi connectivity index (χ2n) is 10.8. The minimum absolute atomic E-state index is 0.0217. The molecular weight excluding hydrogens is 576 g/mol. The van der Waals surface area contributed by atoms with Crippen molar-refractivity contribution in [3.8, 4) is 0 Å². The molecule has 0 aliphatic carbocycles. The van der Waals surface area contributed by atoms with Gasteiger partial charge in [0, 0.05) is 5.69 Å². The summed E-state index contributed by atoms with van der Waals surface area (Å²) in [7, 11) is 0. The van der Waals surface area contributed by atoms with Crippen LogP contribution in [0.15, 0.2) is 84.9 Å². The maximum Gasteiger partial charge on any atom is 0.416 e. The first-order valence-electron chi connectivity index (χ1n) is 13.4. The number of nitrogens with one attached hydrogen (secondary N) is 1. The lowest BCUT2D eigenvalue weighted by Crippen LogP contribution is -2.55. The highest BCUT2D eigenvalue weighted by Gasteiger charge is 2.54. The molecule has 3 aromatic carbocycles. The summed E-state index contributed by atoms with van der Waals surface area (Å²) in [5.74, 6) is -2.08. The van der Waals surface area contributed by atoms with Crippen LogP contribution in [0.5, 0.6) is 0 Å². The van der Waals surface area contributed by atoms with E-state index in [-0.39, 0.29) is 12.0 Å². The number of alkyl halides is 6. The van der Waals surface area contributed by atoms with Crippen molar-refractivity contribution in [2.24, 2.45) is 5.92 Å². The molecule has 12 heteroatoms. The highest BCUT2D eigenvalue weighted by atomic mass is 19.4. The van der Waals surface area contributed by atoms with Gasteiger partial charge in [-0.05, 0) is 59.5 Å². The standard InChI is InChI=1S/C31H27F6N3O3/c1-17(2)18-8-10-22(11-9-18)38-40-25(27(41)19-14-20(30(32,33)34)16-21(15-19)31(35,36)37)13-12-24-26(40)29(43)39(28(24)42)23-6-4-3-5-7-23/h3-17,24-27,38,41H,1-2H3. The Labute approximate surface area is 243 Å². The smallest absolute Gasteiger partial charge is 0.386 e. The number of aliphatic hydroxyl groups excluding tert-OH is 1. The normalized spacial score (nSPS) is 21.8. The van der Waals surface area contributed by atoms with Crippen LogP contribution in [0, 0.1) is 5.92 Å². The van der Waals surface area contributed by atoms with Gasteiger partial charge in [-0.1, -0.05) is 56.3 Å². The fraction of sp³-hybridized carbons (Fsp3) is 0.290. The quantitative estimate of drug-likeness (QED) is 0.186. The fourth-order valence-corrected chi connectivity index (χ4v) is 5.34. The number of nitrogens with zero attached hydrogens (tertiary/aromatic N) is 2. The fourth-order valence-electron chi connectivity index (χ4n) is 5.34. The van der Waals surface area contributed by atoms with E-state index in [1.54, 1.807) is 42.5 Å². The number of carbonyl (C=O) groups excluding carboxylic acids is 2. The average molecular weight is 604 g/mol. The van der Waals surface area contributed by atoms with Gasteiger partial charge in [-0.15, -0.1) is 0 Å². The maximum atomic E-state index is 13.8. The number of hydrogen-bond acceptors (Lipinski definition) is 5. The van der Waals surface area contributed by atoms with Crippen molar-refractivity contribution in [3.05, 3.63) is 107 Å². The molecule has 2 N–H and O–H groups in total. The highest BCUT2D eigenvalue weighted by molar-refractivity contribution is 6.24. The molecule has 1 fully saturated rings. The molecule has 2 aliphatic heterocycles. The summed E-state index contributed by atoms with van der Waals surface area (Å²) in [6.45, 7) is 3.97. The van der Waals surface area contributed by atoms with Crippen molar-refractivity contribution < 1.29 is 41.0 Å². The van der Waals surface area contributed by atoms with Crippen molar-refractivity contribution in [1.29, 1.82) is 0 Å². The summed E-state index contributed by atoms with van der Waals surface area (Å²) in [5, 5.41) is 12.6. The van der Waals surface area contributed by atoms with E-state index in [0.717, 1.165) is 10.5 Å². The Morgan fingerprint density at radius 3 is 1.88 bits per heavy atom. The number of hydrogen-bond donors (Lipinski definition) is 2. The molecule has 0 spiro atoms. The van der Waals surface area contributed by atoms with Gasteiger partial charge in [-0.2, -0.15) is 26.3 Å². The summed E-state index contributed by atoms with van der Waals surface area (Å²) in [6.07, 6.45) is -9.53. The molecule has 2 heterocycles. The Bertz CT molecular complexity index is 1500. The van der Waals surface area contributed by atoms with Gasteiger partial charge in [0.25, 0.3) is 5.91 Å². The number of benzene rings is 3. The monoisotopic (exact) mass is 603 g/mol. The van der Waals surface area contributed by atoms with Gasteiger partial charge >= 0.3 is 12.4 Å². The maximum absolute atomic E-state index is 13.8. The molecular formula is C31H27F6N3O3. The number of rotatable bonds is 6. The van der Waals surface area contributed by atoms with E-state index in [0.29, 0.717) is 23.5 Å². The van der Waals surface area contributed by atoms with Crippen LogP contribution in [0.25, 0.3) is 0 Å². The van der Waals surface area contributed by atoms with E-state index < -0.39 is 65.0 Å². The van der Waals surface area contributed by atoms with Crippen LogP contribution < -0.4 is 10.3 Å². The second kappa shape index (κ2) is 11.2. The van der Waals surface area contributed by atoms with E-state index in [1.165, 1.54) is 17.2 Å². The van der Waals surface area contributed by atoms with Gasteiger partial charge in [0.1, 0.15) is 6.04 Å². The molecule has 0 radical (unpaired) electrons. The van der Waals surface area contributed by atoms with Crippen LogP contribution >= 0.6 is 0 Å². The predicted octanol–water partition coefficient (Wildman–Crippen LogP) is 6.71. The molecule has 2 aliphatic rings. The Balaban J connectivity index is 1.59. The lowest BCUT2D eigenvalue weighted by molar-refractivity contribution is -0.143. The van der Waals surface area contributed by atoms with Crippen molar-refractivity contribution >= 4 is 23.2 Å². The number of imide groups is 1. The van der Waals surface area contributed by atoms with Gasteiger partial charge in [-0.25, -0.2) is 9.91 Å². The lowest BCUT2D eigenvalue weighted by atomic mass is 9.89. The molecule has 6 nitrogen and oxygen atoms in total. The zero-order valence-corrected chi connectivity index (χ0v) is 22.9. The van der Waals surface area contributed by atoms with E-state index in [2.05, 4.69) is 5.43 Å². The van der Waals surface area contributed by atoms with Crippen molar-refractivity contribution in [2.45, 2.75) is 50.3 Å². The molecule has 5 rings (SSSR count). The molecule has 4 atom stereocenters. The summed E-state index contributed by atoms with van der Waals surface area (Å²) >= 11 is 0. The number of halogens is 6. The first-order valence-corrected chi connectivity index (χ1v) is 13.4. The summed E-state index contributed by atoms with van der Waals surface area (Å²) in [5.41, 5.74) is 0.898. The van der Waals surface area contributed by atoms with Crippen molar-refractivity contribution in [3.63, 3.8) is 0 Å². The molecule has 0 saturated carbocycles. The van der Waals surface area contributed by atoms with E-state index in [4.69, 9.17) is 0 Å². The number of amides is 2. The zero-order valence-electron chi connectivity index (χ0n) is 22.9. The van der Waals surface area contributed by atoms with Crippen LogP contribution in [0.2, 0.25) is 0 Å². The minimum atomic E-state index is -5.12. The molecule has 4 unspecified atom stereocenters. The molecule has 1 saturated heterocycles. The van der Waals surface area contributed by atoms with Crippen LogP contribution in [0.4, 0.5) is 37.7 Å². The van der Waals surface area contributed by atoms with Gasteiger partial charge in [-0.3, -0.25) is 9.59 Å². The second-order valence-corrected chi connectivity index (χ2v) is 10.8. The first-order chi connectivity index (χ1) is 20.2. The largest absolute Gasteiger partial charge is 0.416 e. The molecule has 0 aromatic heterocycles. The van der Waals surface area contributed by atoms with E-state index >= 15 is 0 Å². The minimum Gasteiger partial charge on any atom is -0.386 e. The number of hydrazine groups is 1. The third-order valence-corrected chi connectivity index (χ3v) is 7.58. The Morgan fingerprint density at radius 1 is 0.767 bits per heavy atom. The van der Waals surface area contributed by atoms with Crippen LogP contribution in [0.1, 0.15) is 48.1 Å². The van der Waals surface area contributed by atoms with Gasteiger partial charge in [0.2, 0.25) is 5.91 Å². The van der Waals surface area contributed by atoms with Crippen LogP contribution in [0.3, 0.4) is 0 Å². The van der Waals surface area contributed by atoms with Gasteiger partial charge in [0.05, 0.1) is 34.9 Å². The van der Waals surface area contributed by atoms with Crippen molar-refractivity contribution in [1.82, 2.24) is 5.01 Å². The van der Waals surface area contributed by atoms with E-state index in [1.807, 2.05) is 26.0 Å². The topological polar surface area (TPSA) is 72.9 Å². The van der Waals surface area contributed by atoms with Crippen LogP contribution in [-0.2, 0) is 21.9 Å². The van der Waals surface area contributed by atoms with Gasteiger partial charge in [0.15, 0.2) is 0 Å². The number of carbonyl (C=O) groups is 2. The Kier molecular flexibility index (Phi) is 7.86. The Hall–Kier alpha value is -4.16. The number of para-hydroxylation sites is 1. The number of fused-ring (bicyclic) bond motifs is 1. The predicted molar refractivity (Wildman–Crippen MR) is 147 cm³/mol. The zero-order chi connectivity index (χ0) is 31.3. The first kappa shape index (κ1) is 30.3. The molecule has 0 bridgehead atoms. The molecule has 226 valence electrons. The van der Waals surface area contributed by atoms with E-state index in [9.17, 15) is 41.0 Å². The number of anilines is 2. The summed E-state index contributed by atoms with van der Waals surface area (Å²) in [4.78, 5) is 28.2. The highest BCUT2D eigenvalue weighted by Crippen LogP contribution is 2.41. The summed E-state index contributed by atoms with van der Waals surface area (Å²) in [6, 6.07) is 13.4. The number of aliphatic hydroxyl groups is 1. The third kappa shape index (κ3) is 5.89. The summed E-state index contributed by atoms with van der Waals surface area (Å²) < 4.78 is 81.6. The van der Waals surface area contributed by atoms with Crippen LogP contribution in [-0.4, -0.2) is 34.0 Å². The lowest BCUT2D eigenvalue weighted by Gasteiger charge is -2.41. The van der Waals surface area contributed by atoms with Gasteiger partial charge < -0.3 is 10.5 Å². The van der Waals surface area contributed by atoms with Crippen molar-refractivity contribution in [2.75, 3.05) is 10.3 Å².